The van der Waals surface area contributed by atoms with Crippen molar-refractivity contribution in [2.24, 2.45) is 0 Å². The molecule has 0 spiro atoms. The van der Waals surface area contributed by atoms with Crippen molar-refractivity contribution < 1.29 is 13.2 Å². The van der Waals surface area contributed by atoms with E-state index in [0.717, 1.165) is 6.42 Å². The summed E-state index contributed by atoms with van der Waals surface area (Å²) in [4.78, 5) is 7.66. The van der Waals surface area contributed by atoms with Gasteiger partial charge in [-0.25, -0.2) is 23.1 Å². The van der Waals surface area contributed by atoms with E-state index in [0.29, 0.717) is 12.3 Å². The van der Waals surface area contributed by atoms with Gasteiger partial charge in [-0.1, -0.05) is 0 Å². The summed E-state index contributed by atoms with van der Waals surface area (Å²) in [5.41, 5.74) is 0.616. The van der Waals surface area contributed by atoms with Gasteiger partial charge in [-0.15, -0.1) is 0 Å². The first-order valence-corrected chi connectivity index (χ1v) is 6.00. The molecule has 1 atom stereocenters. The summed E-state index contributed by atoms with van der Waals surface area (Å²) in [5, 5.41) is -0.210. The molecule has 7 heteroatoms. The van der Waals surface area contributed by atoms with Crippen molar-refractivity contribution in [3.63, 3.8) is 0 Å². The lowest BCUT2D eigenvalue weighted by molar-refractivity contribution is -0.0556. The van der Waals surface area contributed by atoms with Crippen LogP contribution in [0.3, 0.4) is 0 Å². The molecule has 6 nitrogen and oxygen atoms in total. The third-order valence-electron chi connectivity index (χ3n) is 2.19. The van der Waals surface area contributed by atoms with Gasteiger partial charge >= 0.3 is 0 Å². The number of nitrogens with zero attached hydrogens (tertiary/aromatic N) is 2. The van der Waals surface area contributed by atoms with Crippen molar-refractivity contribution in [1.82, 2.24) is 14.7 Å². The van der Waals surface area contributed by atoms with Gasteiger partial charge in [0.1, 0.15) is 6.10 Å². The predicted molar refractivity (Wildman–Crippen MR) is 51.6 cm³/mol. The minimum Gasteiger partial charge on any atom is -0.372 e. The molecule has 1 unspecified atom stereocenters. The minimum absolute atomic E-state index is 0.0844. The largest absolute Gasteiger partial charge is 0.372 e. The highest BCUT2D eigenvalue weighted by molar-refractivity contribution is 7.89. The average Bonchev–Trinajstić information content (AvgIpc) is 2.16. The summed E-state index contributed by atoms with van der Waals surface area (Å²) in [7, 11) is -2.24. The molecular weight excluding hydrogens is 218 g/mol. The van der Waals surface area contributed by atoms with Crippen LogP contribution in [0, 0.1) is 0 Å². The lowest BCUT2D eigenvalue weighted by atomic mass is 10.1. The molecule has 1 N–H and O–H groups in total. The summed E-state index contributed by atoms with van der Waals surface area (Å²) < 4.78 is 30.2. The van der Waals surface area contributed by atoms with Crippen molar-refractivity contribution >= 4 is 10.0 Å². The van der Waals surface area contributed by atoms with Crippen LogP contribution in [0.4, 0.5) is 0 Å². The molecule has 0 bridgehead atoms. The maximum absolute atomic E-state index is 11.4. The molecule has 0 radical (unpaired) electrons. The van der Waals surface area contributed by atoms with Gasteiger partial charge in [-0.3, -0.25) is 0 Å². The molecule has 1 saturated heterocycles. The zero-order valence-corrected chi connectivity index (χ0v) is 8.99. The Bertz CT molecular complexity index is 456. The number of sulfonamides is 1. The van der Waals surface area contributed by atoms with Gasteiger partial charge in [0, 0.05) is 12.6 Å². The standard InChI is InChI=1S/C8H11N3O3S/c1-9-15(12,13)8-10-4-2-6(11-8)7-3-5-14-7/h2,4,7,9H,3,5H2,1H3. The normalized spacial score (nSPS) is 21.0. The SMILES string of the molecule is CNS(=O)(=O)c1nccc(C2CCO2)n1. The summed E-state index contributed by atoms with van der Waals surface area (Å²) in [6.07, 6.45) is 2.21. The molecule has 1 aliphatic heterocycles. The third-order valence-corrected chi connectivity index (χ3v) is 3.41. The van der Waals surface area contributed by atoms with E-state index in [9.17, 15) is 8.42 Å². The van der Waals surface area contributed by atoms with Crippen molar-refractivity contribution in [1.29, 1.82) is 0 Å². The van der Waals surface area contributed by atoms with Crippen LogP contribution in [0.25, 0.3) is 0 Å². The van der Waals surface area contributed by atoms with Crippen LogP contribution in [0.1, 0.15) is 18.2 Å². The summed E-state index contributed by atoms with van der Waals surface area (Å²) in [5.74, 6) is 0. The Kier molecular flexibility index (Phi) is 2.68. The van der Waals surface area contributed by atoms with E-state index in [1.54, 1.807) is 6.07 Å². The Morgan fingerprint density at radius 3 is 2.87 bits per heavy atom. The van der Waals surface area contributed by atoms with E-state index < -0.39 is 10.0 Å². The monoisotopic (exact) mass is 229 g/mol. The summed E-state index contributed by atoms with van der Waals surface area (Å²) >= 11 is 0. The highest BCUT2D eigenvalue weighted by Gasteiger charge is 2.24. The molecule has 0 aliphatic carbocycles. The Morgan fingerprint density at radius 1 is 1.60 bits per heavy atom. The molecule has 1 aliphatic rings. The van der Waals surface area contributed by atoms with Crippen LogP contribution in [0.2, 0.25) is 0 Å². The Hall–Kier alpha value is -1.05. The van der Waals surface area contributed by atoms with Crippen molar-refractivity contribution in [3.05, 3.63) is 18.0 Å². The van der Waals surface area contributed by atoms with Gasteiger partial charge in [0.2, 0.25) is 0 Å². The van der Waals surface area contributed by atoms with Crippen LogP contribution in [0.15, 0.2) is 17.4 Å². The summed E-state index contributed by atoms with van der Waals surface area (Å²) in [6.45, 7) is 0.697. The van der Waals surface area contributed by atoms with Gasteiger partial charge in [0.25, 0.3) is 15.2 Å². The molecule has 1 aromatic rings. The van der Waals surface area contributed by atoms with Gasteiger partial charge in [0.05, 0.1) is 12.3 Å². The highest BCUT2D eigenvalue weighted by Crippen LogP contribution is 2.27. The zero-order chi connectivity index (χ0) is 10.9. The Balaban J connectivity index is 2.34. The van der Waals surface area contributed by atoms with Crippen LogP contribution in [-0.2, 0) is 14.8 Å². The molecule has 0 aromatic carbocycles. The quantitative estimate of drug-likeness (QED) is 0.729. The number of ether oxygens (including phenoxy) is 1. The van der Waals surface area contributed by atoms with Crippen LogP contribution >= 0.6 is 0 Å². The van der Waals surface area contributed by atoms with Crippen LogP contribution in [-0.4, -0.2) is 32.0 Å². The fraction of sp³-hybridized carbons (Fsp3) is 0.500. The second-order valence-corrected chi connectivity index (χ2v) is 4.90. The molecule has 15 heavy (non-hydrogen) atoms. The topological polar surface area (TPSA) is 81.2 Å². The number of rotatable bonds is 3. The molecule has 0 saturated carbocycles. The van der Waals surface area contributed by atoms with E-state index in [-0.39, 0.29) is 11.3 Å². The first kappa shape index (κ1) is 10.5. The van der Waals surface area contributed by atoms with Gasteiger partial charge < -0.3 is 4.74 Å². The number of hydrogen-bond acceptors (Lipinski definition) is 5. The smallest absolute Gasteiger partial charge is 0.276 e. The lowest BCUT2D eigenvalue weighted by Crippen LogP contribution is -2.24. The van der Waals surface area contributed by atoms with E-state index in [2.05, 4.69) is 14.7 Å². The second-order valence-electron chi connectivity index (χ2n) is 3.12. The van der Waals surface area contributed by atoms with Gasteiger partial charge in [0.15, 0.2) is 0 Å². The fourth-order valence-corrected chi connectivity index (χ4v) is 1.83. The number of hydrogen-bond donors (Lipinski definition) is 1. The number of aromatic nitrogens is 2. The fourth-order valence-electron chi connectivity index (χ4n) is 1.22. The zero-order valence-electron chi connectivity index (χ0n) is 8.17. The molecule has 1 fully saturated rings. The average molecular weight is 229 g/mol. The minimum atomic E-state index is -3.57. The molecule has 0 amide bonds. The third kappa shape index (κ3) is 1.99. The Labute approximate surface area is 87.7 Å². The first-order valence-electron chi connectivity index (χ1n) is 4.51. The molecule has 2 rings (SSSR count). The van der Waals surface area contributed by atoms with E-state index >= 15 is 0 Å². The van der Waals surface area contributed by atoms with E-state index in [1.165, 1.54) is 13.2 Å². The first-order chi connectivity index (χ1) is 7.13. The predicted octanol–water partition coefficient (Wildman–Crippen LogP) is -0.154. The van der Waals surface area contributed by atoms with Crippen molar-refractivity contribution in [2.75, 3.05) is 13.7 Å². The van der Waals surface area contributed by atoms with E-state index in [4.69, 9.17) is 4.74 Å². The molecular formula is C8H11N3O3S. The maximum atomic E-state index is 11.4. The molecule has 2 heterocycles. The van der Waals surface area contributed by atoms with E-state index in [1.807, 2.05) is 0 Å². The van der Waals surface area contributed by atoms with Crippen molar-refractivity contribution in [3.8, 4) is 0 Å². The van der Waals surface area contributed by atoms with Crippen molar-refractivity contribution in [2.45, 2.75) is 17.7 Å². The number of nitrogens with one attached hydrogen (secondary N) is 1. The second kappa shape index (κ2) is 3.84. The lowest BCUT2D eigenvalue weighted by Gasteiger charge is -2.25. The van der Waals surface area contributed by atoms with Gasteiger partial charge in [-0.05, 0) is 13.1 Å². The molecule has 1 aromatic heterocycles. The van der Waals surface area contributed by atoms with Crippen LogP contribution in [0.5, 0.6) is 0 Å². The highest BCUT2D eigenvalue weighted by atomic mass is 32.2. The maximum Gasteiger partial charge on any atom is 0.276 e. The molecule has 82 valence electrons. The van der Waals surface area contributed by atoms with Crippen LogP contribution < -0.4 is 4.72 Å². The Morgan fingerprint density at radius 2 is 2.33 bits per heavy atom. The van der Waals surface area contributed by atoms with Gasteiger partial charge in [-0.2, -0.15) is 0 Å². The summed E-state index contributed by atoms with van der Waals surface area (Å²) in [6, 6.07) is 1.67.